The Hall–Kier alpha value is -2.66. The third kappa shape index (κ3) is 3.35. The van der Waals surface area contributed by atoms with Crippen LogP contribution in [0.15, 0.2) is 53.6 Å². The molecular weight excluding hydrogens is 362 g/mol. The van der Waals surface area contributed by atoms with Gasteiger partial charge in [0, 0.05) is 44.0 Å². The molecule has 1 fully saturated rings. The Morgan fingerprint density at radius 2 is 1.96 bits per heavy atom. The number of amides is 1. The minimum atomic E-state index is -0.0546. The summed E-state index contributed by atoms with van der Waals surface area (Å²) in [7, 11) is 1.75. The Labute approximate surface area is 162 Å². The zero-order chi connectivity index (χ0) is 19.0. The number of hydrogen-bond acceptors (Lipinski definition) is 3. The summed E-state index contributed by atoms with van der Waals surface area (Å²) in [5.41, 5.74) is 2.34. The van der Waals surface area contributed by atoms with Crippen molar-refractivity contribution in [2.45, 2.75) is 18.8 Å². The summed E-state index contributed by atoms with van der Waals surface area (Å²) in [5.74, 6) is 0.244. The van der Waals surface area contributed by atoms with Crippen LogP contribution >= 0.6 is 11.6 Å². The van der Waals surface area contributed by atoms with Gasteiger partial charge in [0.25, 0.3) is 11.5 Å². The van der Waals surface area contributed by atoms with Gasteiger partial charge >= 0.3 is 0 Å². The van der Waals surface area contributed by atoms with Crippen molar-refractivity contribution < 1.29 is 4.79 Å². The van der Waals surface area contributed by atoms with Gasteiger partial charge < -0.3 is 9.47 Å². The maximum absolute atomic E-state index is 13.1. The molecule has 0 aliphatic carbocycles. The molecule has 3 aromatic rings. The first-order valence-electron chi connectivity index (χ1n) is 9.03. The van der Waals surface area contributed by atoms with E-state index in [2.05, 4.69) is 4.98 Å². The number of nitrogens with zero attached hydrogens (tertiary/aromatic N) is 3. The standard InChI is InChI=1S/C21H20ClN3O2/c1-24-10-6-15(13-19(24)26)14-7-11-25(12-8-14)21(27)20-16-3-2-9-23-18(16)5-4-17(20)22/h2-6,9-10,13-14H,7-8,11-12H2,1H3. The van der Waals surface area contributed by atoms with Crippen LogP contribution in [0, 0.1) is 0 Å². The molecule has 0 bridgehead atoms. The normalized spacial score (nSPS) is 15.3. The first kappa shape index (κ1) is 17.7. The number of benzene rings is 1. The molecule has 27 heavy (non-hydrogen) atoms. The number of halogens is 1. The van der Waals surface area contributed by atoms with Gasteiger partial charge in [-0.3, -0.25) is 14.6 Å². The van der Waals surface area contributed by atoms with E-state index < -0.39 is 0 Å². The SMILES string of the molecule is Cn1ccc(C2CCN(C(=O)c3c(Cl)ccc4ncccc34)CC2)cc1=O. The van der Waals surface area contributed by atoms with E-state index in [9.17, 15) is 9.59 Å². The van der Waals surface area contributed by atoms with Crippen LogP contribution in [0.3, 0.4) is 0 Å². The van der Waals surface area contributed by atoms with Crippen molar-refractivity contribution in [2.24, 2.45) is 7.05 Å². The van der Waals surface area contributed by atoms with E-state index in [4.69, 9.17) is 11.6 Å². The number of piperidine rings is 1. The number of fused-ring (bicyclic) bond motifs is 1. The summed E-state index contributed by atoms with van der Waals surface area (Å²) in [6, 6.07) is 11.0. The highest BCUT2D eigenvalue weighted by molar-refractivity contribution is 6.35. The number of pyridine rings is 2. The van der Waals surface area contributed by atoms with Gasteiger partial charge in [-0.05, 0) is 48.6 Å². The highest BCUT2D eigenvalue weighted by atomic mass is 35.5. The average molecular weight is 382 g/mol. The molecule has 0 atom stereocenters. The predicted molar refractivity (Wildman–Crippen MR) is 106 cm³/mol. The highest BCUT2D eigenvalue weighted by Crippen LogP contribution is 2.31. The van der Waals surface area contributed by atoms with Gasteiger partial charge in [0.05, 0.1) is 16.1 Å². The predicted octanol–water partition coefficient (Wildman–Crippen LogP) is 3.61. The van der Waals surface area contributed by atoms with Crippen LogP contribution in [0.5, 0.6) is 0 Å². The van der Waals surface area contributed by atoms with Crippen LogP contribution in [0.25, 0.3) is 10.9 Å². The van der Waals surface area contributed by atoms with Gasteiger partial charge in [-0.2, -0.15) is 0 Å². The van der Waals surface area contributed by atoms with Gasteiger partial charge in [-0.15, -0.1) is 0 Å². The molecule has 5 nitrogen and oxygen atoms in total. The molecule has 1 aromatic carbocycles. The Morgan fingerprint density at radius 1 is 1.19 bits per heavy atom. The van der Waals surface area contributed by atoms with Gasteiger partial charge in [0.2, 0.25) is 0 Å². The quantitative estimate of drug-likeness (QED) is 0.681. The van der Waals surface area contributed by atoms with E-state index in [1.54, 1.807) is 36.1 Å². The largest absolute Gasteiger partial charge is 0.339 e. The van der Waals surface area contributed by atoms with Crippen molar-refractivity contribution in [1.82, 2.24) is 14.5 Å². The number of hydrogen-bond donors (Lipinski definition) is 0. The summed E-state index contributed by atoms with van der Waals surface area (Å²) >= 11 is 6.36. The molecule has 1 aliphatic rings. The summed E-state index contributed by atoms with van der Waals surface area (Å²) < 4.78 is 1.57. The fraction of sp³-hybridized carbons (Fsp3) is 0.286. The van der Waals surface area contributed by atoms with Crippen molar-refractivity contribution in [3.63, 3.8) is 0 Å². The van der Waals surface area contributed by atoms with Crippen molar-refractivity contribution in [3.8, 4) is 0 Å². The smallest absolute Gasteiger partial charge is 0.256 e. The van der Waals surface area contributed by atoms with Crippen LogP contribution < -0.4 is 5.56 Å². The fourth-order valence-corrected chi connectivity index (χ4v) is 3.98. The van der Waals surface area contributed by atoms with Crippen molar-refractivity contribution in [3.05, 3.63) is 75.3 Å². The topological polar surface area (TPSA) is 55.2 Å². The minimum Gasteiger partial charge on any atom is -0.339 e. The number of aromatic nitrogens is 2. The zero-order valence-corrected chi connectivity index (χ0v) is 15.8. The molecule has 0 saturated carbocycles. The maximum atomic E-state index is 13.1. The molecule has 2 aromatic heterocycles. The molecule has 0 radical (unpaired) electrons. The molecule has 0 unspecified atom stereocenters. The minimum absolute atomic E-state index is 0.000966. The second kappa shape index (κ2) is 7.16. The molecule has 138 valence electrons. The first-order valence-corrected chi connectivity index (χ1v) is 9.41. The Morgan fingerprint density at radius 3 is 2.70 bits per heavy atom. The summed E-state index contributed by atoms with van der Waals surface area (Å²) in [4.78, 5) is 31.2. The Balaban J connectivity index is 1.55. The monoisotopic (exact) mass is 381 g/mol. The van der Waals surface area contributed by atoms with Gasteiger partial charge in [0.1, 0.15) is 0 Å². The number of aryl methyl sites for hydroxylation is 1. The van der Waals surface area contributed by atoms with E-state index in [-0.39, 0.29) is 11.5 Å². The third-order valence-electron chi connectivity index (χ3n) is 5.33. The molecule has 3 heterocycles. The van der Waals surface area contributed by atoms with Gasteiger partial charge in [-0.25, -0.2) is 0 Å². The van der Waals surface area contributed by atoms with E-state index in [1.807, 2.05) is 29.2 Å². The number of likely N-dealkylation sites (tertiary alicyclic amines) is 1. The highest BCUT2D eigenvalue weighted by Gasteiger charge is 2.27. The lowest BCUT2D eigenvalue weighted by Crippen LogP contribution is -2.38. The molecule has 6 heteroatoms. The number of rotatable bonds is 2. The van der Waals surface area contributed by atoms with Crippen LogP contribution in [0.2, 0.25) is 5.02 Å². The summed E-state index contributed by atoms with van der Waals surface area (Å²) in [6.45, 7) is 1.29. The number of carbonyl (C=O) groups is 1. The lowest BCUT2D eigenvalue weighted by Gasteiger charge is -2.32. The molecule has 4 rings (SSSR count). The van der Waals surface area contributed by atoms with Crippen LogP contribution in [-0.4, -0.2) is 33.4 Å². The second-order valence-electron chi connectivity index (χ2n) is 6.97. The lowest BCUT2D eigenvalue weighted by molar-refractivity contribution is 0.0715. The maximum Gasteiger partial charge on any atom is 0.256 e. The van der Waals surface area contributed by atoms with Crippen LogP contribution in [-0.2, 0) is 7.05 Å². The van der Waals surface area contributed by atoms with E-state index in [1.165, 1.54) is 0 Å². The third-order valence-corrected chi connectivity index (χ3v) is 5.65. The van der Waals surface area contributed by atoms with Crippen molar-refractivity contribution in [2.75, 3.05) is 13.1 Å². The van der Waals surface area contributed by atoms with Crippen LogP contribution in [0.1, 0.15) is 34.7 Å². The molecule has 1 aliphatic heterocycles. The van der Waals surface area contributed by atoms with Crippen LogP contribution in [0.4, 0.5) is 0 Å². The molecular formula is C21H20ClN3O2. The first-order chi connectivity index (χ1) is 13.0. The summed E-state index contributed by atoms with van der Waals surface area (Å²) in [6.07, 6.45) is 5.18. The van der Waals surface area contributed by atoms with Gasteiger partial charge in [-0.1, -0.05) is 17.7 Å². The van der Waals surface area contributed by atoms with E-state index in [0.717, 1.165) is 29.3 Å². The van der Waals surface area contributed by atoms with Crippen molar-refractivity contribution in [1.29, 1.82) is 0 Å². The van der Waals surface area contributed by atoms with E-state index >= 15 is 0 Å². The molecule has 1 amide bonds. The van der Waals surface area contributed by atoms with E-state index in [0.29, 0.717) is 29.6 Å². The Bertz CT molecular complexity index is 1070. The fourth-order valence-electron chi connectivity index (χ4n) is 3.73. The zero-order valence-electron chi connectivity index (χ0n) is 15.1. The Kier molecular flexibility index (Phi) is 4.70. The average Bonchev–Trinajstić information content (AvgIpc) is 2.70. The molecule has 0 N–H and O–H groups in total. The summed E-state index contributed by atoms with van der Waals surface area (Å²) in [5, 5.41) is 1.23. The van der Waals surface area contributed by atoms with Crippen molar-refractivity contribution >= 4 is 28.4 Å². The second-order valence-corrected chi connectivity index (χ2v) is 7.38. The van der Waals surface area contributed by atoms with Gasteiger partial charge in [0.15, 0.2) is 0 Å². The molecule has 1 saturated heterocycles. The number of carbonyl (C=O) groups excluding carboxylic acids is 1. The lowest BCUT2D eigenvalue weighted by atomic mass is 9.89. The molecule has 0 spiro atoms.